The van der Waals surface area contributed by atoms with Crippen LogP contribution in [0.3, 0.4) is 0 Å². The highest BCUT2D eigenvalue weighted by molar-refractivity contribution is 7.98. The second-order valence-electron chi connectivity index (χ2n) is 6.51. The van der Waals surface area contributed by atoms with Gasteiger partial charge in [0.15, 0.2) is 0 Å². The van der Waals surface area contributed by atoms with Crippen molar-refractivity contribution in [1.29, 1.82) is 0 Å². The van der Waals surface area contributed by atoms with Gasteiger partial charge in [-0.3, -0.25) is 0 Å². The molecule has 1 N–H and O–H groups in total. The summed E-state index contributed by atoms with van der Waals surface area (Å²) < 4.78 is 0. The molecule has 0 bridgehead atoms. The Hall–Kier alpha value is -0.810. The second-order valence-corrected chi connectivity index (χ2v) is 7.42. The molecule has 1 aromatic rings. The number of nitrogens with one attached hydrogen (secondary N) is 1. The van der Waals surface area contributed by atoms with Crippen LogP contribution in [0.2, 0.25) is 0 Å². The Morgan fingerprint density at radius 2 is 2.05 bits per heavy atom. The molecule has 120 valence electrons. The van der Waals surface area contributed by atoms with Gasteiger partial charge < -0.3 is 10.2 Å². The minimum absolute atomic E-state index is 0.105. The summed E-state index contributed by atoms with van der Waals surface area (Å²) in [5.74, 6) is 1.93. The maximum absolute atomic E-state index is 4.69. The average Bonchev–Trinajstić information content (AvgIpc) is 2.41. The van der Waals surface area contributed by atoms with Gasteiger partial charge >= 0.3 is 0 Å². The van der Waals surface area contributed by atoms with Gasteiger partial charge in [0.05, 0.1) is 0 Å². The van der Waals surface area contributed by atoms with Crippen molar-refractivity contribution in [3.8, 4) is 0 Å². The lowest BCUT2D eigenvalue weighted by Gasteiger charge is -2.27. The van der Waals surface area contributed by atoms with E-state index in [9.17, 15) is 0 Å². The second kappa shape index (κ2) is 7.99. The maximum atomic E-state index is 4.69. The first kappa shape index (κ1) is 18.2. The third-order valence-electron chi connectivity index (χ3n) is 3.57. The number of thioether (sulfide) groups is 1. The van der Waals surface area contributed by atoms with E-state index in [0.717, 1.165) is 30.4 Å². The molecule has 0 amide bonds. The maximum Gasteiger partial charge on any atom is 0.225 e. The van der Waals surface area contributed by atoms with Gasteiger partial charge in [0.1, 0.15) is 0 Å². The van der Waals surface area contributed by atoms with Crippen LogP contribution in [0.25, 0.3) is 0 Å². The molecule has 0 radical (unpaired) electrons. The molecular weight excluding hydrogens is 280 g/mol. The molecule has 4 nitrogen and oxygen atoms in total. The van der Waals surface area contributed by atoms with Crippen molar-refractivity contribution in [1.82, 2.24) is 15.3 Å². The molecule has 1 unspecified atom stereocenters. The SMILES string of the molecule is CCC(CSC)N(C)c1ncc(CNC(C)(C)C)c(C)n1. The highest BCUT2D eigenvalue weighted by Crippen LogP contribution is 2.16. The Labute approximate surface area is 134 Å². The van der Waals surface area contributed by atoms with Crippen molar-refractivity contribution in [2.75, 3.05) is 24.0 Å². The molecule has 21 heavy (non-hydrogen) atoms. The fraction of sp³-hybridized carbons (Fsp3) is 0.750. The molecule has 0 saturated carbocycles. The third-order valence-corrected chi connectivity index (χ3v) is 4.29. The van der Waals surface area contributed by atoms with Crippen molar-refractivity contribution in [2.45, 2.75) is 59.2 Å². The molecule has 1 atom stereocenters. The highest BCUT2D eigenvalue weighted by Gasteiger charge is 2.16. The zero-order valence-corrected chi connectivity index (χ0v) is 15.3. The predicted molar refractivity (Wildman–Crippen MR) is 94.2 cm³/mol. The number of aryl methyl sites for hydroxylation is 1. The smallest absolute Gasteiger partial charge is 0.225 e. The first-order valence-electron chi connectivity index (χ1n) is 7.57. The Kier molecular flexibility index (Phi) is 6.94. The van der Waals surface area contributed by atoms with E-state index in [1.54, 1.807) is 0 Å². The number of aromatic nitrogens is 2. The zero-order chi connectivity index (χ0) is 16.0. The minimum atomic E-state index is 0.105. The van der Waals surface area contributed by atoms with Crippen LogP contribution in [0.1, 0.15) is 45.4 Å². The number of nitrogens with zero attached hydrogens (tertiary/aromatic N) is 3. The number of hydrogen-bond acceptors (Lipinski definition) is 5. The predicted octanol–water partition coefficient (Wildman–Crippen LogP) is 3.25. The van der Waals surface area contributed by atoms with Crippen LogP contribution in [-0.2, 0) is 6.54 Å². The minimum Gasteiger partial charge on any atom is -0.340 e. The van der Waals surface area contributed by atoms with Crippen molar-refractivity contribution >= 4 is 17.7 Å². The Morgan fingerprint density at radius 1 is 1.38 bits per heavy atom. The number of hydrogen-bond donors (Lipinski definition) is 1. The topological polar surface area (TPSA) is 41.1 Å². The molecule has 0 aliphatic rings. The lowest BCUT2D eigenvalue weighted by molar-refractivity contribution is 0.423. The van der Waals surface area contributed by atoms with Crippen LogP contribution in [-0.4, -0.2) is 40.6 Å². The van der Waals surface area contributed by atoms with Gasteiger partial charge in [-0.1, -0.05) is 6.92 Å². The van der Waals surface area contributed by atoms with Crippen LogP contribution in [0.5, 0.6) is 0 Å². The van der Waals surface area contributed by atoms with Gasteiger partial charge in [-0.15, -0.1) is 0 Å². The van der Waals surface area contributed by atoms with Crippen molar-refractivity contribution in [3.63, 3.8) is 0 Å². The van der Waals surface area contributed by atoms with E-state index in [2.05, 4.69) is 63.1 Å². The largest absolute Gasteiger partial charge is 0.340 e. The normalized spacial score (nSPS) is 13.3. The Balaban J connectivity index is 2.81. The molecule has 1 heterocycles. The summed E-state index contributed by atoms with van der Waals surface area (Å²) in [6.07, 6.45) is 5.20. The van der Waals surface area contributed by atoms with Crippen LogP contribution < -0.4 is 10.2 Å². The summed E-state index contributed by atoms with van der Waals surface area (Å²) in [4.78, 5) is 11.4. The van der Waals surface area contributed by atoms with Gasteiger partial charge in [0, 0.05) is 48.4 Å². The summed E-state index contributed by atoms with van der Waals surface area (Å²) >= 11 is 1.87. The first-order chi connectivity index (χ1) is 9.78. The summed E-state index contributed by atoms with van der Waals surface area (Å²) in [7, 11) is 2.09. The number of rotatable bonds is 7. The molecule has 0 aliphatic carbocycles. The standard InChI is InChI=1S/C16H30N4S/c1-8-14(11-21-7)20(6)15-17-9-13(12(2)19-15)10-18-16(3,4)5/h9,14,18H,8,10-11H2,1-7H3. The van der Waals surface area contributed by atoms with Crippen LogP contribution in [0.4, 0.5) is 5.95 Å². The van der Waals surface area contributed by atoms with Crippen LogP contribution in [0.15, 0.2) is 6.20 Å². The van der Waals surface area contributed by atoms with E-state index in [1.165, 1.54) is 5.56 Å². The van der Waals surface area contributed by atoms with Gasteiger partial charge in [0.25, 0.3) is 0 Å². The summed E-state index contributed by atoms with van der Waals surface area (Å²) in [5.41, 5.74) is 2.33. The quantitative estimate of drug-likeness (QED) is 0.837. The van der Waals surface area contributed by atoms with E-state index >= 15 is 0 Å². The molecular formula is C16H30N4S. The number of anilines is 1. The Bertz CT molecular complexity index is 442. The monoisotopic (exact) mass is 310 g/mol. The van der Waals surface area contributed by atoms with Gasteiger partial charge in [-0.25, -0.2) is 9.97 Å². The Morgan fingerprint density at radius 3 is 2.52 bits per heavy atom. The van der Waals surface area contributed by atoms with Crippen molar-refractivity contribution < 1.29 is 0 Å². The molecule has 0 spiro atoms. The highest BCUT2D eigenvalue weighted by atomic mass is 32.2. The van der Waals surface area contributed by atoms with Crippen LogP contribution >= 0.6 is 11.8 Å². The molecule has 0 saturated heterocycles. The lowest BCUT2D eigenvalue weighted by atomic mass is 10.1. The fourth-order valence-corrected chi connectivity index (χ4v) is 2.89. The first-order valence-corrected chi connectivity index (χ1v) is 8.97. The summed E-state index contributed by atoms with van der Waals surface area (Å²) in [6.45, 7) is 11.6. The average molecular weight is 311 g/mol. The van der Waals surface area contributed by atoms with E-state index in [1.807, 2.05) is 18.0 Å². The molecule has 0 fully saturated rings. The van der Waals surface area contributed by atoms with E-state index < -0.39 is 0 Å². The van der Waals surface area contributed by atoms with Gasteiger partial charge in [0.2, 0.25) is 5.95 Å². The van der Waals surface area contributed by atoms with E-state index in [0.29, 0.717) is 6.04 Å². The molecule has 5 heteroatoms. The third kappa shape index (κ3) is 5.83. The van der Waals surface area contributed by atoms with Crippen LogP contribution in [0, 0.1) is 6.92 Å². The molecule has 0 aliphatic heterocycles. The molecule has 1 rings (SSSR count). The zero-order valence-electron chi connectivity index (χ0n) is 14.5. The van der Waals surface area contributed by atoms with Gasteiger partial charge in [-0.05, 0) is 40.4 Å². The lowest BCUT2D eigenvalue weighted by Crippen LogP contribution is -2.36. The molecule has 0 aromatic carbocycles. The van der Waals surface area contributed by atoms with E-state index in [-0.39, 0.29) is 5.54 Å². The van der Waals surface area contributed by atoms with E-state index in [4.69, 9.17) is 4.98 Å². The summed E-state index contributed by atoms with van der Waals surface area (Å²) in [5, 5.41) is 3.48. The van der Waals surface area contributed by atoms with Crippen molar-refractivity contribution in [3.05, 3.63) is 17.5 Å². The summed E-state index contributed by atoms with van der Waals surface area (Å²) in [6, 6.07) is 0.484. The molecule has 1 aromatic heterocycles. The van der Waals surface area contributed by atoms with Gasteiger partial charge in [-0.2, -0.15) is 11.8 Å². The fourth-order valence-electron chi connectivity index (χ4n) is 2.04. The van der Waals surface area contributed by atoms with Crippen molar-refractivity contribution in [2.24, 2.45) is 0 Å².